The number of carbonyl (C=O) groups excluding carboxylic acids is 1. The van der Waals surface area contributed by atoms with Gasteiger partial charge in [0.25, 0.3) is 0 Å². The average Bonchev–Trinajstić information content (AvgIpc) is 2.86. The molecule has 0 saturated carbocycles. The lowest BCUT2D eigenvalue weighted by Crippen LogP contribution is -2.15. The molecule has 2 rings (SSSR count). The zero-order valence-corrected chi connectivity index (χ0v) is 15.0. The second-order valence-corrected chi connectivity index (χ2v) is 6.56. The Labute approximate surface area is 141 Å². The fourth-order valence-electron chi connectivity index (χ4n) is 2.51. The molecular formula is C17H24N4OS. The Morgan fingerprint density at radius 3 is 2.48 bits per heavy atom. The normalized spacial score (nSPS) is 10.8. The van der Waals surface area contributed by atoms with E-state index in [1.165, 1.54) is 11.8 Å². The Bertz CT molecular complexity index is 661. The number of nitrogens with one attached hydrogen (secondary N) is 1. The van der Waals surface area contributed by atoms with Crippen molar-refractivity contribution in [1.82, 2.24) is 14.8 Å². The molecule has 1 heterocycles. The van der Waals surface area contributed by atoms with E-state index in [9.17, 15) is 4.79 Å². The lowest BCUT2D eigenvalue weighted by molar-refractivity contribution is -0.113. The highest BCUT2D eigenvalue weighted by Crippen LogP contribution is 2.19. The molecule has 2 aromatic rings. The topological polar surface area (TPSA) is 59.8 Å². The molecule has 1 aromatic heterocycles. The van der Waals surface area contributed by atoms with Gasteiger partial charge in [-0.1, -0.05) is 31.7 Å². The van der Waals surface area contributed by atoms with Gasteiger partial charge in [0.2, 0.25) is 5.91 Å². The number of thioether (sulfide) groups is 1. The van der Waals surface area contributed by atoms with Gasteiger partial charge in [-0.3, -0.25) is 4.79 Å². The SMILES string of the molecule is CCCn1c(CC)nnc1SCC(=O)Nc1cc(C)cc(C)c1. The van der Waals surface area contributed by atoms with E-state index in [0.29, 0.717) is 5.75 Å². The minimum atomic E-state index is -0.0240. The van der Waals surface area contributed by atoms with E-state index in [1.807, 2.05) is 26.0 Å². The molecule has 0 aliphatic rings. The smallest absolute Gasteiger partial charge is 0.234 e. The monoisotopic (exact) mass is 332 g/mol. The summed E-state index contributed by atoms with van der Waals surface area (Å²) in [7, 11) is 0. The summed E-state index contributed by atoms with van der Waals surface area (Å²) in [5, 5.41) is 12.2. The van der Waals surface area contributed by atoms with Crippen LogP contribution < -0.4 is 5.32 Å². The molecule has 0 fully saturated rings. The molecule has 0 radical (unpaired) electrons. The maximum absolute atomic E-state index is 12.2. The Hall–Kier alpha value is -1.82. The number of aryl methyl sites for hydroxylation is 3. The van der Waals surface area contributed by atoms with Crippen LogP contribution in [-0.4, -0.2) is 26.4 Å². The van der Waals surface area contributed by atoms with Gasteiger partial charge in [-0.25, -0.2) is 0 Å². The van der Waals surface area contributed by atoms with Gasteiger partial charge in [0.15, 0.2) is 5.16 Å². The highest BCUT2D eigenvalue weighted by Gasteiger charge is 2.12. The van der Waals surface area contributed by atoms with Crippen LogP contribution in [0.4, 0.5) is 5.69 Å². The van der Waals surface area contributed by atoms with Crippen molar-refractivity contribution in [2.45, 2.75) is 52.2 Å². The highest BCUT2D eigenvalue weighted by atomic mass is 32.2. The van der Waals surface area contributed by atoms with Gasteiger partial charge in [0.1, 0.15) is 5.82 Å². The van der Waals surface area contributed by atoms with Crippen molar-refractivity contribution in [2.24, 2.45) is 0 Å². The van der Waals surface area contributed by atoms with Crippen LogP contribution in [0.3, 0.4) is 0 Å². The molecular weight excluding hydrogens is 308 g/mol. The minimum Gasteiger partial charge on any atom is -0.325 e. The average molecular weight is 332 g/mol. The van der Waals surface area contributed by atoms with Crippen LogP contribution >= 0.6 is 11.8 Å². The maximum atomic E-state index is 12.2. The summed E-state index contributed by atoms with van der Waals surface area (Å²) >= 11 is 1.44. The fourth-order valence-corrected chi connectivity index (χ4v) is 3.29. The molecule has 1 amide bonds. The number of nitrogens with zero attached hydrogens (tertiary/aromatic N) is 3. The number of hydrogen-bond acceptors (Lipinski definition) is 4. The molecule has 1 N–H and O–H groups in total. The number of hydrogen-bond donors (Lipinski definition) is 1. The summed E-state index contributed by atoms with van der Waals surface area (Å²) < 4.78 is 2.11. The molecule has 1 aromatic carbocycles. The quantitative estimate of drug-likeness (QED) is 0.787. The molecule has 6 heteroatoms. The molecule has 0 atom stereocenters. The van der Waals surface area contributed by atoms with E-state index < -0.39 is 0 Å². The van der Waals surface area contributed by atoms with Crippen molar-refractivity contribution in [2.75, 3.05) is 11.1 Å². The summed E-state index contributed by atoms with van der Waals surface area (Å²) in [4.78, 5) is 12.2. The van der Waals surface area contributed by atoms with Crippen molar-refractivity contribution in [1.29, 1.82) is 0 Å². The van der Waals surface area contributed by atoms with Crippen LogP contribution in [0.1, 0.15) is 37.2 Å². The molecule has 0 unspecified atom stereocenters. The van der Waals surface area contributed by atoms with Gasteiger partial charge < -0.3 is 9.88 Å². The third kappa shape index (κ3) is 4.82. The Balaban J connectivity index is 1.98. The van der Waals surface area contributed by atoms with Gasteiger partial charge in [0.05, 0.1) is 5.75 Å². The number of benzene rings is 1. The number of amides is 1. The van der Waals surface area contributed by atoms with Gasteiger partial charge >= 0.3 is 0 Å². The Morgan fingerprint density at radius 2 is 1.87 bits per heavy atom. The van der Waals surface area contributed by atoms with Crippen LogP contribution in [0.15, 0.2) is 23.4 Å². The van der Waals surface area contributed by atoms with E-state index in [2.05, 4.69) is 40.0 Å². The second-order valence-electron chi connectivity index (χ2n) is 5.62. The zero-order chi connectivity index (χ0) is 16.8. The largest absolute Gasteiger partial charge is 0.325 e. The molecule has 0 aliphatic heterocycles. The van der Waals surface area contributed by atoms with E-state index in [0.717, 1.165) is 47.2 Å². The third-order valence-electron chi connectivity index (χ3n) is 3.39. The molecule has 0 spiro atoms. The lowest BCUT2D eigenvalue weighted by Gasteiger charge is -2.09. The van der Waals surface area contributed by atoms with E-state index in [-0.39, 0.29) is 5.91 Å². The zero-order valence-electron chi connectivity index (χ0n) is 14.2. The predicted octanol–water partition coefficient (Wildman–Crippen LogP) is 3.60. The van der Waals surface area contributed by atoms with Crippen LogP contribution in [0, 0.1) is 13.8 Å². The molecule has 0 bridgehead atoms. The first-order valence-electron chi connectivity index (χ1n) is 7.96. The summed E-state index contributed by atoms with van der Waals surface area (Å²) in [5.41, 5.74) is 3.13. The summed E-state index contributed by atoms with van der Waals surface area (Å²) in [6.07, 6.45) is 1.87. The van der Waals surface area contributed by atoms with Crippen LogP contribution in [0.5, 0.6) is 0 Å². The van der Waals surface area contributed by atoms with Crippen molar-refractivity contribution >= 4 is 23.4 Å². The van der Waals surface area contributed by atoms with Crippen LogP contribution in [-0.2, 0) is 17.8 Å². The van der Waals surface area contributed by atoms with Gasteiger partial charge in [0, 0.05) is 18.7 Å². The number of rotatable bonds is 7. The van der Waals surface area contributed by atoms with E-state index in [1.54, 1.807) is 0 Å². The van der Waals surface area contributed by atoms with E-state index in [4.69, 9.17) is 0 Å². The maximum Gasteiger partial charge on any atom is 0.234 e. The summed E-state index contributed by atoms with van der Waals surface area (Å²) in [6, 6.07) is 6.04. The number of carbonyl (C=O) groups is 1. The standard InChI is InChI=1S/C17H24N4OS/c1-5-7-21-15(6-2)19-20-17(21)23-11-16(22)18-14-9-12(3)8-13(4)10-14/h8-10H,5-7,11H2,1-4H3,(H,18,22). The molecule has 0 aliphatic carbocycles. The first-order chi connectivity index (χ1) is 11.0. The highest BCUT2D eigenvalue weighted by molar-refractivity contribution is 7.99. The minimum absolute atomic E-state index is 0.0240. The van der Waals surface area contributed by atoms with Crippen molar-refractivity contribution in [3.8, 4) is 0 Å². The third-order valence-corrected chi connectivity index (χ3v) is 4.36. The van der Waals surface area contributed by atoms with Crippen molar-refractivity contribution in [3.05, 3.63) is 35.2 Å². The number of anilines is 1. The van der Waals surface area contributed by atoms with Crippen molar-refractivity contribution in [3.63, 3.8) is 0 Å². The first kappa shape index (κ1) is 17.5. The molecule has 124 valence electrons. The molecule has 0 saturated heterocycles. The predicted molar refractivity (Wildman–Crippen MR) is 95.0 cm³/mol. The lowest BCUT2D eigenvalue weighted by atomic mass is 10.1. The van der Waals surface area contributed by atoms with Gasteiger partial charge in [-0.2, -0.15) is 0 Å². The Kier molecular flexibility index (Phi) is 6.21. The summed E-state index contributed by atoms with van der Waals surface area (Å²) in [5.74, 6) is 1.28. The van der Waals surface area contributed by atoms with Gasteiger partial charge in [-0.05, 0) is 43.5 Å². The van der Waals surface area contributed by atoms with Crippen molar-refractivity contribution < 1.29 is 4.79 Å². The Morgan fingerprint density at radius 1 is 1.17 bits per heavy atom. The second kappa shape index (κ2) is 8.15. The number of aromatic nitrogens is 3. The summed E-state index contributed by atoms with van der Waals surface area (Å²) in [6.45, 7) is 9.13. The first-order valence-corrected chi connectivity index (χ1v) is 8.95. The fraction of sp³-hybridized carbons (Fsp3) is 0.471. The van der Waals surface area contributed by atoms with E-state index >= 15 is 0 Å². The molecule has 23 heavy (non-hydrogen) atoms. The molecule has 5 nitrogen and oxygen atoms in total. The van der Waals surface area contributed by atoms with Crippen LogP contribution in [0.2, 0.25) is 0 Å². The van der Waals surface area contributed by atoms with Gasteiger partial charge in [-0.15, -0.1) is 10.2 Å². The van der Waals surface area contributed by atoms with Crippen LogP contribution in [0.25, 0.3) is 0 Å².